The van der Waals surface area contributed by atoms with Crippen molar-refractivity contribution in [3.63, 3.8) is 0 Å². The lowest BCUT2D eigenvalue weighted by atomic mass is 10.1. The largest absolute Gasteiger partial charge is 0.337 e. The van der Waals surface area contributed by atoms with E-state index >= 15 is 0 Å². The quantitative estimate of drug-likeness (QED) is 0.629. The van der Waals surface area contributed by atoms with Crippen LogP contribution in [-0.2, 0) is 24.4 Å². The minimum absolute atomic E-state index is 0.0699. The minimum atomic E-state index is -0.843. The van der Waals surface area contributed by atoms with Crippen LogP contribution in [0.2, 0.25) is 0 Å². The average molecular weight is 384 g/mol. The van der Waals surface area contributed by atoms with Crippen molar-refractivity contribution in [1.82, 2.24) is 18.6 Å². The summed E-state index contributed by atoms with van der Waals surface area (Å²) in [4.78, 5) is 51.8. The van der Waals surface area contributed by atoms with Gasteiger partial charge in [-0.1, -0.05) is 42.5 Å². The summed E-state index contributed by atoms with van der Waals surface area (Å²) in [5.74, 6) is -0.426. The van der Waals surface area contributed by atoms with E-state index in [4.69, 9.17) is 0 Å². The highest BCUT2D eigenvalue weighted by molar-refractivity contribution is 5.76. The van der Waals surface area contributed by atoms with E-state index in [2.05, 4.69) is 13.2 Å². The van der Waals surface area contributed by atoms with Gasteiger partial charge < -0.3 is 4.90 Å². The average Bonchev–Trinajstić information content (AvgIpc) is 2.71. The zero-order valence-electron chi connectivity index (χ0n) is 16.1. The molecule has 1 atom stereocenters. The first kappa shape index (κ1) is 20.9. The molecule has 28 heavy (non-hydrogen) atoms. The highest BCUT2D eigenvalue weighted by Crippen LogP contribution is 2.18. The number of rotatable bonds is 8. The standard InChI is InChI=1S/C20H24N4O4/c1-5-12-22-18(26)23(13-6-2)20(28)24(19(22)27)14-17(25)21(4)15(3)16-10-8-7-9-11-16/h5-11,15H,1-2,12-14H2,3-4H3. The fourth-order valence-corrected chi connectivity index (χ4v) is 2.81. The topological polar surface area (TPSA) is 86.3 Å². The summed E-state index contributed by atoms with van der Waals surface area (Å²) in [5.41, 5.74) is -1.52. The van der Waals surface area contributed by atoms with Crippen molar-refractivity contribution in [3.05, 3.63) is 92.7 Å². The van der Waals surface area contributed by atoms with Gasteiger partial charge in [0.2, 0.25) is 5.91 Å². The summed E-state index contributed by atoms with van der Waals surface area (Å²) in [5, 5.41) is 0. The van der Waals surface area contributed by atoms with E-state index in [1.807, 2.05) is 37.3 Å². The van der Waals surface area contributed by atoms with E-state index in [9.17, 15) is 19.2 Å². The van der Waals surface area contributed by atoms with Gasteiger partial charge >= 0.3 is 17.1 Å². The van der Waals surface area contributed by atoms with E-state index in [1.54, 1.807) is 7.05 Å². The van der Waals surface area contributed by atoms with Crippen LogP contribution in [0, 0.1) is 0 Å². The Bertz CT molecular complexity index is 998. The van der Waals surface area contributed by atoms with Gasteiger partial charge in [-0.15, -0.1) is 13.2 Å². The second kappa shape index (κ2) is 8.98. The predicted molar refractivity (Wildman–Crippen MR) is 107 cm³/mol. The lowest BCUT2D eigenvalue weighted by Gasteiger charge is -2.25. The van der Waals surface area contributed by atoms with Crippen LogP contribution in [0.5, 0.6) is 0 Å². The minimum Gasteiger partial charge on any atom is -0.337 e. The molecule has 0 aliphatic carbocycles. The molecule has 0 fully saturated rings. The zero-order valence-corrected chi connectivity index (χ0v) is 16.1. The number of benzene rings is 1. The third-order valence-corrected chi connectivity index (χ3v) is 4.56. The molecule has 1 aromatic heterocycles. The van der Waals surface area contributed by atoms with Crippen molar-refractivity contribution in [1.29, 1.82) is 0 Å². The number of hydrogen-bond donors (Lipinski definition) is 0. The van der Waals surface area contributed by atoms with Gasteiger partial charge in [0.15, 0.2) is 0 Å². The number of allylic oxidation sites excluding steroid dienone is 2. The Morgan fingerprint density at radius 2 is 1.43 bits per heavy atom. The van der Waals surface area contributed by atoms with Crippen LogP contribution in [0.15, 0.2) is 70.0 Å². The molecule has 1 unspecified atom stereocenters. The van der Waals surface area contributed by atoms with Gasteiger partial charge in [-0.3, -0.25) is 4.79 Å². The van der Waals surface area contributed by atoms with Crippen LogP contribution in [-0.4, -0.2) is 31.6 Å². The summed E-state index contributed by atoms with van der Waals surface area (Å²) in [6.07, 6.45) is 2.75. The van der Waals surface area contributed by atoms with E-state index in [1.165, 1.54) is 17.1 Å². The predicted octanol–water partition coefficient (Wildman–Crippen LogP) is 0.763. The maximum atomic E-state index is 12.7. The Balaban J connectivity index is 2.44. The zero-order chi connectivity index (χ0) is 20.8. The molecule has 0 bridgehead atoms. The van der Waals surface area contributed by atoms with E-state index in [-0.39, 0.29) is 19.1 Å². The van der Waals surface area contributed by atoms with Gasteiger partial charge in [-0.25, -0.2) is 28.1 Å². The third kappa shape index (κ3) is 4.11. The Labute approximate surface area is 162 Å². The monoisotopic (exact) mass is 384 g/mol. The summed E-state index contributed by atoms with van der Waals surface area (Å²) >= 11 is 0. The third-order valence-electron chi connectivity index (χ3n) is 4.56. The molecule has 1 aromatic carbocycles. The maximum absolute atomic E-state index is 12.7. The van der Waals surface area contributed by atoms with Gasteiger partial charge in [0.05, 0.1) is 19.1 Å². The smallest absolute Gasteiger partial charge is 0.337 e. The highest BCUT2D eigenvalue weighted by Gasteiger charge is 2.21. The van der Waals surface area contributed by atoms with Crippen LogP contribution < -0.4 is 17.1 Å². The number of carbonyl (C=O) groups is 1. The number of carbonyl (C=O) groups excluding carboxylic acids is 1. The summed E-state index contributed by atoms with van der Waals surface area (Å²) in [7, 11) is 1.60. The number of likely N-dealkylation sites (N-methyl/N-ethyl adjacent to an activating group) is 1. The SMILES string of the molecule is C=CCn1c(=O)n(CC=C)c(=O)n(CC(=O)N(C)C(C)c2ccccc2)c1=O. The number of amides is 1. The number of hydrogen-bond acceptors (Lipinski definition) is 4. The van der Waals surface area contributed by atoms with E-state index in [0.717, 1.165) is 19.3 Å². The molecule has 0 saturated carbocycles. The van der Waals surface area contributed by atoms with Gasteiger partial charge in [-0.05, 0) is 12.5 Å². The summed E-state index contributed by atoms with van der Waals surface area (Å²) in [6, 6.07) is 9.15. The molecular weight excluding hydrogens is 360 g/mol. The first-order chi connectivity index (χ1) is 13.3. The molecule has 0 N–H and O–H groups in total. The summed E-state index contributed by atoms with van der Waals surface area (Å²) in [6.45, 7) is 8.28. The van der Waals surface area contributed by atoms with Crippen molar-refractivity contribution in [3.8, 4) is 0 Å². The van der Waals surface area contributed by atoms with Gasteiger partial charge in [-0.2, -0.15) is 0 Å². The van der Waals surface area contributed by atoms with Crippen molar-refractivity contribution in [2.45, 2.75) is 32.6 Å². The lowest BCUT2D eigenvalue weighted by Crippen LogP contribution is -2.55. The van der Waals surface area contributed by atoms with Gasteiger partial charge in [0.25, 0.3) is 0 Å². The second-order valence-electron chi connectivity index (χ2n) is 6.32. The van der Waals surface area contributed by atoms with Crippen LogP contribution >= 0.6 is 0 Å². The molecule has 0 spiro atoms. The normalized spacial score (nSPS) is 11.6. The Morgan fingerprint density at radius 3 is 1.89 bits per heavy atom. The van der Waals surface area contributed by atoms with Crippen molar-refractivity contribution in [2.24, 2.45) is 0 Å². The van der Waals surface area contributed by atoms with Crippen molar-refractivity contribution >= 4 is 5.91 Å². The molecule has 8 heteroatoms. The molecule has 0 saturated heterocycles. The van der Waals surface area contributed by atoms with E-state index < -0.39 is 29.5 Å². The molecule has 0 radical (unpaired) electrons. The number of aromatic nitrogens is 3. The fraction of sp³-hybridized carbons (Fsp3) is 0.300. The lowest BCUT2D eigenvalue weighted by molar-refractivity contribution is -0.132. The van der Waals surface area contributed by atoms with Crippen LogP contribution in [0.4, 0.5) is 0 Å². The molecule has 8 nitrogen and oxygen atoms in total. The molecule has 1 heterocycles. The first-order valence-corrected chi connectivity index (χ1v) is 8.80. The second-order valence-corrected chi connectivity index (χ2v) is 6.32. The Morgan fingerprint density at radius 1 is 0.964 bits per heavy atom. The number of nitrogens with zero attached hydrogens (tertiary/aromatic N) is 4. The molecule has 0 aliphatic heterocycles. The van der Waals surface area contributed by atoms with Crippen molar-refractivity contribution in [2.75, 3.05) is 7.05 Å². The first-order valence-electron chi connectivity index (χ1n) is 8.80. The molecule has 1 amide bonds. The summed E-state index contributed by atoms with van der Waals surface area (Å²) < 4.78 is 2.50. The van der Waals surface area contributed by atoms with Crippen molar-refractivity contribution < 1.29 is 4.79 Å². The molecule has 148 valence electrons. The van der Waals surface area contributed by atoms with E-state index in [0.29, 0.717) is 0 Å². The van der Waals surface area contributed by atoms with Crippen LogP contribution in [0.25, 0.3) is 0 Å². The highest BCUT2D eigenvalue weighted by atomic mass is 16.2. The molecule has 2 rings (SSSR count). The molecule has 2 aromatic rings. The van der Waals surface area contributed by atoms with Gasteiger partial charge in [0, 0.05) is 7.05 Å². The molecule has 0 aliphatic rings. The molecular formula is C20H24N4O4. The van der Waals surface area contributed by atoms with Crippen LogP contribution in [0.3, 0.4) is 0 Å². The van der Waals surface area contributed by atoms with Gasteiger partial charge in [0.1, 0.15) is 6.54 Å². The Kier molecular flexibility index (Phi) is 6.70. The fourth-order valence-electron chi connectivity index (χ4n) is 2.81. The maximum Gasteiger partial charge on any atom is 0.337 e. The Hall–Kier alpha value is -3.42. The van der Waals surface area contributed by atoms with Crippen LogP contribution in [0.1, 0.15) is 18.5 Å².